The van der Waals surface area contributed by atoms with Crippen molar-refractivity contribution in [3.63, 3.8) is 0 Å². The van der Waals surface area contributed by atoms with Crippen molar-refractivity contribution in [1.29, 1.82) is 0 Å². The second-order valence-electron chi connectivity index (χ2n) is 23.6. The molecule has 3 aliphatic heterocycles. The number of nitrogens with one attached hydrogen (secondary N) is 1. The Balaban J connectivity index is 1.24. The van der Waals surface area contributed by atoms with Gasteiger partial charge in [0.15, 0.2) is 18.9 Å². The molecule has 12 N–H and O–H groups in total. The van der Waals surface area contributed by atoms with E-state index in [0.29, 0.717) is 19.3 Å². The summed E-state index contributed by atoms with van der Waals surface area (Å²) in [4.78, 5) is 13.2. The van der Waals surface area contributed by atoms with E-state index in [1.165, 1.54) is 122 Å². The Morgan fingerprint density at radius 2 is 0.821 bits per heavy atom. The summed E-state index contributed by atoms with van der Waals surface area (Å²) in [6, 6.07) is -0.881. The van der Waals surface area contributed by atoms with E-state index in [-0.39, 0.29) is 18.9 Å². The van der Waals surface area contributed by atoms with Crippen molar-refractivity contribution in [3.8, 4) is 0 Å². The van der Waals surface area contributed by atoms with E-state index in [9.17, 15) is 61.0 Å². The molecule has 490 valence electrons. The maximum atomic E-state index is 13.2. The van der Waals surface area contributed by atoms with E-state index in [1.54, 1.807) is 0 Å². The Hall–Kier alpha value is -2.25. The molecule has 19 heteroatoms. The third-order valence-corrected chi connectivity index (χ3v) is 16.4. The van der Waals surface area contributed by atoms with Gasteiger partial charge in [-0.15, -0.1) is 0 Å². The second kappa shape index (κ2) is 47.7. The van der Waals surface area contributed by atoms with Crippen LogP contribution in [0.4, 0.5) is 0 Å². The Labute approximate surface area is 503 Å². The van der Waals surface area contributed by atoms with Crippen molar-refractivity contribution in [1.82, 2.24) is 5.32 Å². The van der Waals surface area contributed by atoms with E-state index < -0.39 is 124 Å². The normalized spacial score (nSPS) is 29.5. The summed E-state index contributed by atoms with van der Waals surface area (Å²) >= 11 is 0. The van der Waals surface area contributed by atoms with Crippen LogP contribution < -0.4 is 5.32 Å². The Bertz CT molecular complexity index is 1720. The van der Waals surface area contributed by atoms with Crippen LogP contribution in [-0.2, 0) is 33.2 Å². The largest absolute Gasteiger partial charge is 0.394 e. The maximum Gasteiger partial charge on any atom is 0.220 e. The molecule has 0 aromatic heterocycles. The molecular formula is C65H117NO18. The number of allylic oxidation sites excluding steroid dienone is 8. The Morgan fingerprint density at radius 1 is 0.440 bits per heavy atom. The molecule has 3 saturated heterocycles. The number of amides is 1. The molecule has 0 aromatic rings. The Kier molecular flexibility index (Phi) is 43.2. The SMILES string of the molecule is CC/C=C\C/C=C\C/C=C\C/C=C\CCCCCCCCCCCCCCCCCCCCCCCCC(=O)NC(COC1OC(CO)C(OC2OC(CO)C(OC3OC(CO)C(O)C(O)C3O)C(O)C2O)C(O)C1O)C(O)CCCCCC. The highest BCUT2D eigenvalue weighted by molar-refractivity contribution is 5.76. The van der Waals surface area contributed by atoms with Gasteiger partial charge in [-0.1, -0.05) is 217 Å². The lowest BCUT2D eigenvalue weighted by atomic mass is 9.96. The van der Waals surface area contributed by atoms with Crippen molar-refractivity contribution >= 4 is 5.91 Å². The van der Waals surface area contributed by atoms with Crippen LogP contribution in [0.3, 0.4) is 0 Å². The van der Waals surface area contributed by atoms with E-state index in [0.717, 1.165) is 64.2 Å². The van der Waals surface area contributed by atoms with Gasteiger partial charge >= 0.3 is 0 Å². The van der Waals surface area contributed by atoms with E-state index >= 15 is 0 Å². The Morgan fingerprint density at radius 3 is 1.27 bits per heavy atom. The number of ether oxygens (including phenoxy) is 6. The van der Waals surface area contributed by atoms with Crippen molar-refractivity contribution in [2.24, 2.45) is 0 Å². The fraction of sp³-hybridized carbons (Fsp3) is 0.862. The zero-order valence-corrected chi connectivity index (χ0v) is 51.4. The van der Waals surface area contributed by atoms with Gasteiger partial charge in [0.25, 0.3) is 0 Å². The molecule has 3 aliphatic rings. The van der Waals surface area contributed by atoms with Crippen LogP contribution in [0.15, 0.2) is 48.6 Å². The highest BCUT2D eigenvalue weighted by Crippen LogP contribution is 2.33. The van der Waals surface area contributed by atoms with Gasteiger partial charge in [0, 0.05) is 6.42 Å². The average molecular weight is 1200 g/mol. The summed E-state index contributed by atoms with van der Waals surface area (Å²) < 4.78 is 34.1. The standard InChI is InChI=1S/C65H117NO18/c1-3-5-7-9-10-11-12-13-14-15-16-17-18-19-20-21-22-23-24-25-26-27-28-29-30-31-32-33-34-35-36-37-38-39-41-43-53(71)66-48(49(70)42-40-8-6-4-2)47-79-63-59(77)56(74)61(51(45-68)81-63)84-65-60(78)57(75)62(52(46-69)82-65)83-64-58(76)55(73)54(72)50(44-67)80-64/h5,7,10-11,13-14,16-17,48-52,54-65,67-70,72-78H,3-4,6,8-9,12,15,18-47H2,1-2H3,(H,66,71)/b7-5-,11-10-,14-13-,17-16-. The first kappa shape index (κ1) is 76.0. The monoisotopic (exact) mass is 1200 g/mol. The third-order valence-electron chi connectivity index (χ3n) is 16.4. The van der Waals surface area contributed by atoms with Gasteiger partial charge in [-0.25, -0.2) is 0 Å². The quantitative estimate of drug-likeness (QED) is 0.0208. The van der Waals surface area contributed by atoms with Crippen LogP contribution in [0.1, 0.15) is 226 Å². The number of unbranched alkanes of at least 4 members (excludes halogenated alkanes) is 25. The first-order valence-electron chi connectivity index (χ1n) is 32.9. The molecule has 17 unspecified atom stereocenters. The van der Waals surface area contributed by atoms with Crippen molar-refractivity contribution in [3.05, 3.63) is 48.6 Å². The summed E-state index contributed by atoms with van der Waals surface area (Å²) in [7, 11) is 0. The predicted octanol–water partition coefficient (Wildman–Crippen LogP) is 7.43. The summed E-state index contributed by atoms with van der Waals surface area (Å²) in [6.07, 6.45) is 29.0. The molecule has 19 nitrogen and oxygen atoms in total. The molecule has 3 fully saturated rings. The van der Waals surface area contributed by atoms with E-state index in [4.69, 9.17) is 28.4 Å². The molecule has 0 radical (unpaired) electrons. The lowest BCUT2D eigenvalue weighted by Gasteiger charge is -2.48. The lowest BCUT2D eigenvalue weighted by molar-refractivity contribution is -0.379. The topological polar surface area (TPSA) is 307 Å². The second-order valence-corrected chi connectivity index (χ2v) is 23.6. The number of carbonyl (C=O) groups excluding carboxylic acids is 1. The van der Waals surface area contributed by atoms with Gasteiger partial charge in [0.2, 0.25) is 5.91 Å². The molecule has 0 aliphatic carbocycles. The van der Waals surface area contributed by atoms with Crippen LogP contribution in [0, 0.1) is 0 Å². The summed E-state index contributed by atoms with van der Waals surface area (Å²) in [5, 5.41) is 120. The fourth-order valence-electron chi connectivity index (χ4n) is 11.1. The van der Waals surface area contributed by atoms with Crippen molar-refractivity contribution in [2.75, 3.05) is 26.4 Å². The van der Waals surface area contributed by atoms with Gasteiger partial charge < -0.3 is 89.9 Å². The van der Waals surface area contributed by atoms with Crippen LogP contribution in [-0.4, -0.2) is 193 Å². The summed E-state index contributed by atoms with van der Waals surface area (Å²) in [6.45, 7) is 1.54. The van der Waals surface area contributed by atoms with E-state index in [1.807, 2.05) is 0 Å². The zero-order valence-electron chi connectivity index (χ0n) is 51.4. The minimum Gasteiger partial charge on any atom is -0.394 e. The number of hydrogen-bond donors (Lipinski definition) is 12. The molecule has 0 spiro atoms. The van der Waals surface area contributed by atoms with Gasteiger partial charge in [0.1, 0.15) is 73.2 Å². The van der Waals surface area contributed by atoms with Gasteiger partial charge in [0.05, 0.1) is 38.6 Å². The van der Waals surface area contributed by atoms with Gasteiger partial charge in [-0.3, -0.25) is 4.79 Å². The minimum absolute atomic E-state index is 0.250. The summed E-state index contributed by atoms with van der Waals surface area (Å²) in [5.41, 5.74) is 0. The van der Waals surface area contributed by atoms with Gasteiger partial charge in [-0.2, -0.15) is 0 Å². The first-order valence-corrected chi connectivity index (χ1v) is 32.9. The maximum absolute atomic E-state index is 13.2. The lowest BCUT2D eigenvalue weighted by Crippen LogP contribution is -2.66. The number of carbonyl (C=O) groups is 1. The highest BCUT2D eigenvalue weighted by Gasteiger charge is 2.53. The van der Waals surface area contributed by atoms with E-state index in [2.05, 4.69) is 67.8 Å². The smallest absolute Gasteiger partial charge is 0.220 e. The molecule has 0 saturated carbocycles. The molecule has 0 bridgehead atoms. The van der Waals surface area contributed by atoms with Crippen molar-refractivity contribution in [2.45, 2.75) is 330 Å². The summed E-state index contributed by atoms with van der Waals surface area (Å²) in [5.74, 6) is -0.250. The van der Waals surface area contributed by atoms with Gasteiger partial charge in [-0.05, 0) is 51.4 Å². The number of rotatable bonds is 49. The zero-order chi connectivity index (χ0) is 61.2. The molecule has 3 heterocycles. The number of aliphatic hydroxyl groups excluding tert-OH is 11. The van der Waals surface area contributed by atoms with Crippen LogP contribution >= 0.6 is 0 Å². The number of aliphatic hydroxyl groups is 11. The molecule has 1 amide bonds. The van der Waals surface area contributed by atoms with Crippen LogP contribution in [0.5, 0.6) is 0 Å². The number of hydrogen-bond acceptors (Lipinski definition) is 18. The third kappa shape index (κ3) is 30.3. The molecule has 84 heavy (non-hydrogen) atoms. The average Bonchev–Trinajstić information content (AvgIpc) is 3.52. The minimum atomic E-state index is -1.97. The molecule has 0 aromatic carbocycles. The predicted molar refractivity (Wildman–Crippen MR) is 323 cm³/mol. The first-order chi connectivity index (χ1) is 40.8. The fourth-order valence-corrected chi connectivity index (χ4v) is 11.1. The molecule has 3 rings (SSSR count). The molecule has 17 atom stereocenters. The highest BCUT2D eigenvalue weighted by atomic mass is 16.8. The van der Waals surface area contributed by atoms with Crippen molar-refractivity contribution < 1.29 is 89.4 Å². The van der Waals surface area contributed by atoms with Crippen LogP contribution in [0.2, 0.25) is 0 Å². The molecular weight excluding hydrogens is 1080 g/mol. The van der Waals surface area contributed by atoms with Crippen LogP contribution in [0.25, 0.3) is 0 Å².